The molecular weight excluding hydrogens is 456 g/mol. The summed E-state index contributed by atoms with van der Waals surface area (Å²) in [5.74, 6) is 0.251. The van der Waals surface area contributed by atoms with Gasteiger partial charge in [-0.25, -0.2) is 4.79 Å². The lowest BCUT2D eigenvalue weighted by Crippen LogP contribution is -2.31. The van der Waals surface area contributed by atoms with Crippen molar-refractivity contribution >= 4 is 39.0 Å². The summed E-state index contributed by atoms with van der Waals surface area (Å²) in [6.07, 6.45) is 0.440. The number of esters is 1. The molecule has 4 rings (SSSR count). The average Bonchev–Trinajstić information content (AvgIpc) is 3.22. The van der Waals surface area contributed by atoms with Crippen molar-refractivity contribution in [2.75, 3.05) is 7.11 Å². The summed E-state index contributed by atoms with van der Waals surface area (Å²) in [5.41, 5.74) is 3.75. The van der Waals surface area contributed by atoms with Crippen LogP contribution in [0, 0.1) is 6.92 Å². The molecule has 1 unspecified atom stereocenters. The lowest BCUT2D eigenvalue weighted by molar-refractivity contribution is -0.148. The molecule has 3 aromatic carbocycles. The maximum Gasteiger partial charge on any atom is 0.347 e. The zero-order valence-corrected chi connectivity index (χ0v) is 20.3. The Balaban J connectivity index is 1.85. The molecule has 1 N–H and O–H groups in total. The molecule has 0 aliphatic carbocycles. The van der Waals surface area contributed by atoms with Crippen LogP contribution in [0.25, 0.3) is 21.2 Å². The SMILES string of the molecule is CCc1sc2cccc(OC(Cc3ccccc3)C(=O)OC)c2c1-c1ccc(O)c(Cl)c1C. The quantitative estimate of drug-likeness (QED) is 0.290. The molecule has 4 nitrogen and oxygen atoms in total. The van der Waals surface area contributed by atoms with E-state index in [1.807, 2.05) is 55.5 Å². The number of halogens is 1. The third-order valence-electron chi connectivity index (χ3n) is 5.70. The van der Waals surface area contributed by atoms with E-state index < -0.39 is 12.1 Å². The predicted molar refractivity (Wildman–Crippen MR) is 135 cm³/mol. The number of aromatic hydroxyl groups is 1. The Kier molecular flexibility index (Phi) is 6.91. The van der Waals surface area contributed by atoms with Gasteiger partial charge in [0, 0.05) is 26.9 Å². The van der Waals surface area contributed by atoms with Crippen molar-refractivity contribution in [2.45, 2.75) is 32.8 Å². The minimum atomic E-state index is -0.787. The Hall–Kier alpha value is -3.02. The number of benzene rings is 3. The van der Waals surface area contributed by atoms with E-state index in [1.165, 1.54) is 12.0 Å². The Labute approximate surface area is 202 Å². The molecule has 0 aliphatic heterocycles. The van der Waals surface area contributed by atoms with Crippen LogP contribution in [0.15, 0.2) is 60.7 Å². The van der Waals surface area contributed by atoms with Gasteiger partial charge in [-0.2, -0.15) is 0 Å². The van der Waals surface area contributed by atoms with Gasteiger partial charge >= 0.3 is 5.97 Å². The van der Waals surface area contributed by atoms with Crippen LogP contribution in [0.5, 0.6) is 11.5 Å². The first-order valence-electron chi connectivity index (χ1n) is 10.8. The van der Waals surface area contributed by atoms with Crippen LogP contribution < -0.4 is 4.74 Å². The highest BCUT2D eigenvalue weighted by Gasteiger charge is 2.25. The van der Waals surface area contributed by atoms with Gasteiger partial charge in [0.1, 0.15) is 11.5 Å². The molecule has 0 saturated heterocycles. The Morgan fingerprint density at radius 2 is 1.85 bits per heavy atom. The molecule has 0 aliphatic rings. The number of aryl methyl sites for hydroxylation is 1. The van der Waals surface area contributed by atoms with E-state index in [0.29, 0.717) is 17.2 Å². The Morgan fingerprint density at radius 3 is 2.55 bits per heavy atom. The molecule has 170 valence electrons. The molecule has 0 spiro atoms. The molecule has 0 fully saturated rings. The fourth-order valence-corrected chi connectivity index (χ4v) is 5.37. The molecule has 33 heavy (non-hydrogen) atoms. The van der Waals surface area contributed by atoms with Crippen molar-refractivity contribution in [3.8, 4) is 22.6 Å². The Morgan fingerprint density at radius 1 is 1.09 bits per heavy atom. The number of methoxy groups -OCH3 is 1. The lowest BCUT2D eigenvalue weighted by atomic mass is 9.96. The van der Waals surface area contributed by atoms with Crippen molar-refractivity contribution in [3.63, 3.8) is 0 Å². The van der Waals surface area contributed by atoms with Gasteiger partial charge in [-0.15, -0.1) is 11.3 Å². The first-order chi connectivity index (χ1) is 15.9. The van der Waals surface area contributed by atoms with Crippen LogP contribution in [0.4, 0.5) is 0 Å². The molecule has 0 bridgehead atoms. The number of rotatable bonds is 7. The number of carbonyl (C=O) groups is 1. The van der Waals surface area contributed by atoms with Crippen LogP contribution >= 0.6 is 22.9 Å². The summed E-state index contributed by atoms with van der Waals surface area (Å²) in [4.78, 5) is 13.8. The number of hydrogen-bond acceptors (Lipinski definition) is 5. The third kappa shape index (κ3) is 4.56. The van der Waals surface area contributed by atoms with Gasteiger partial charge in [0.15, 0.2) is 6.10 Å². The number of phenolic OH excluding ortho intramolecular Hbond substituents is 1. The molecule has 0 radical (unpaired) electrons. The van der Waals surface area contributed by atoms with Gasteiger partial charge in [-0.1, -0.05) is 61.0 Å². The highest BCUT2D eigenvalue weighted by Crippen LogP contribution is 2.46. The minimum absolute atomic E-state index is 0.0561. The van der Waals surface area contributed by atoms with E-state index in [0.717, 1.165) is 38.8 Å². The first kappa shape index (κ1) is 23.1. The standard InChI is InChI=1S/C27H25ClO4S/c1-4-22-24(18-13-14-19(29)26(28)16(18)2)25-20(11-8-12-23(25)33-22)32-21(27(30)31-3)15-17-9-6-5-7-10-17/h5-14,21,29H,4,15H2,1-3H3. The van der Waals surface area contributed by atoms with Crippen molar-refractivity contribution in [3.05, 3.63) is 81.7 Å². The predicted octanol–water partition coefficient (Wildman–Crippen LogP) is 6.96. The average molecular weight is 481 g/mol. The van der Waals surface area contributed by atoms with Crippen molar-refractivity contribution in [1.29, 1.82) is 0 Å². The first-order valence-corrected chi connectivity index (χ1v) is 11.9. The summed E-state index contributed by atoms with van der Waals surface area (Å²) in [5, 5.41) is 11.3. The van der Waals surface area contributed by atoms with Crippen LogP contribution in [-0.4, -0.2) is 24.3 Å². The minimum Gasteiger partial charge on any atom is -0.506 e. The van der Waals surface area contributed by atoms with Crippen molar-refractivity contribution in [2.24, 2.45) is 0 Å². The highest BCUT2D eigenvalue weighted by atomic mass is 35.5. The van der Waals surface area contributed by atoms with E-state index in [1.54, 1.807) is 17.4 Å². The van der Waals surface area contributed by atoms with Crippen LogP contribution in [0.2, 0.25) is 5.02 Å². The summed E-state index contributed by atoms with van der Waals surface area (Å²) in [6.45, 7) is 4.01. The van der Waals surface area contributed by atoms with Gasteiger partial charge in [0.25, 0.3) is 0 Å². The van der Waals surface area contributed by atoms with Crippen molar-refractivity contribution in [1.82, 2.24) is 0 Å². The topological polar surface area (TPSA) is 55.8 Å². The van der Waals surface area contributed by atoms with E-state index in [2.05, 4.69) is 13.0 Å². The summed E-state index contributed by atoms with van der Waals surface area (Å²) >= 11 is 8.08. The lowest BCUT2D eigenvalue weighted by Gasteiger charge is -2.19. The van der Waals surface area contributed by atoms with E-state index in [9.17, 15) is 9.90 Å². The van der Waals surface area contributed by atoms with Gasteiger partial charge in [-0.05, 0) is 48.2 Å². The summed E-state index contributed by atoms with van der Waals surface area (Å²) in [6, 6.07) is 19.1. The second kappa shape index (κ2) is 9.86. The fourth-order valence-electron chi connectivity index (χ4n) is 4.03. The van der Waals surface area contributed by atoms with Gasteiger partial charge < -0.3 is 14.6 Å². The molecule has 1 heterocycles. The molecule has 4 aromatic rings. The Bertz CT molecular complexity index is 1300. The van der Waals surface area contributed by atoms with Gasteiger partial charge in [-0.3, -0.25) is 0 Å². The number of phenols is 1. The van der Waals surface area contributed by atoms with Crippen molar-refractivity contribution < 1.29 is 19.4 Å². The van der Waals surface area contributed by atoms with E-state index in [-0.39, 0.29) is 5.75 Å². The monoisotopic (exact) mass is 480 g/mol. The largest absolute Gasteiger partial charge is 0.506 e. The number of hydrogen-bond donors (Lipinski definition) is 1. The van der Waals surface area contributed by atoms with Crippen LogP contribution in [0.3, 0.4) is 0 Å². The fraction of sp³-hybridized carbons (Fsp3) is 0.222. The third-order valence-corrected chi connectivity index (χ3v) is 7.48. The van der Waals surface area contributed by atoms with Gasteiger partial charge in [0.05, 0.1) is 12.1 Å². The zero-order chi connectivity index (χ0) is 23.5. The molecule has 0 amide bonds. The molecule has 1 aromatic heterocycles. The van der Waals surface area contributed by atoms with Crippen LogP contribution in [-0.2, 0) is 22.4 Å². The molecule has 1 atom stereocenters. The maximum atomic E-state index is 12.6. The van der Waals surface area contributed by atoms with Gasteiger partial charge in [0.2, 0.25) is 0 Å². The summed E-state index contributed by atoms with van der Waals surface area (Å²) in [7, 11) is 1.37. The molecule has 0 saturated carbocycles. The zero-order valence-electron chi connectivity index (χ0n) is 18.7. The summed E-state index contributed by atoms with van der Waals surface area (Å²) < 4.78 is 12.5. The second-order valence-corrected chi connectivity index (χ2v) is 9.29. The van der Waals surface area contributed by atoms with E-state index in [4.69, 9.17) is 21.1 Å². The highest BCUT2D eigenvalue weighted by molar-refractivity contribution is 7.19. The van der Waals surface area contributed by atoms with Crippen LogP contribution in [0.1, 0.15) is 22.9 Å². The number of fused-ring (bicyclic) bond motifs is 1. The maximum absolute atomic E-state index is 12.6. The molecule has 6 heteroatoms. The van der Waals surface area contributed by atoms with E-state index >= 15 is 0 Å². The normalized spacial score (nSPS) is 12.0. The number of ether oxygens (including phenoxy) is 2. The second-order valence-electron chi connectivity index (χ2n) is 7.77. The smallest absolute Gasteiger partial charge is 0.347 e. The number of carbonyl (C=O) groups excluding carboxylic acids is 1. The molecular formula is C27H25ClO4S. The number of thiophene rings is 1.